The van der Waals surface area contributed by atoms with Crippen LogP contribution in [0.25, 0.3) is 10.8 Å². The van der Waals surface area contributed by atoms with E-state index >= 15 is 0 Å². The van der Waals surface area contributed by atoms with E-state index in [1.165, 1.54) is 12.1 Å². The monoisotopic (exact) mass is 396 g/mol. The van der Waals surface area contributed by atoms with Gasteiger partial charge < -0.3 is 15.0 Å². The second kappa shape index (κ2) is 8.17. The average molecular weight is 396 g/mol. The van der Waals surface area contributed by atoms with Crippen molar-refractivity contribution in [3.63, 3.8) is 0 Å². The van der Waals surface area contributed by atoms with Crippen LogP contribution < -0.4 is 5.32 Å². The molecule has 1 saturated heterocycles. The number of halogens is 2. The van der Waals surface area contributed by atoms with E-state index in [4.69, 9.17) is 4.74 Å². The molecule has 1 aliphatic heterocycles. The van der Waals surface area contributed by atoms with Crippen molar-refractivity contribution in [3.05, 3.63) is 71.3 Å². The average Bonchev–Trinajstić information content (AvgIpc) is 2.74. The lowest BCUT2D eigenvalue weighted by atomic mass is 9.97. The molecule has 29 heavy (non-hydrogen) atoms. The van der Waals surface area contributed by atoms with Gasteiger partial charge in [-0.15, -0.1) is 0 Å². The first kappa shape index (κ1) is 19.3. The highest BCUT2D eigenvalue weighted by atomic mass is 19.3. The molecule has 3 aromatic rings. The van der Waals surface area contributed by atoms with Gasteiger partial charge in [-0.05, 0) is 42.1 Å². The number of morpholine rings is 1. The van der Waals surface area contributed by atoms with Gasteiger partial charge in [0, 0.05) is 41.0 Å². The van der Waals surface area contributed by atoms with Gasteiger partial charge in [-0.1, -0.05) is 30.3 Å². The van der Waals surface area contributed by atoms with E-state index in [2.05, 4.69) is 5.32 Å². The summed E-state index contributed by atoms with van der Waals surface area (Å²) in [5.41, 5.74) is 2.96. The number of aryl methyl sites for hydroxylation is 1. The van der Waals surface area contributed by atoms with Crippen LogP contribution in [0.3, 0.4) is 0 Å². The molecule has 3 aromatic carbocycles. The third kappa shape index (κ3) is 3.93. The molecular formula is C23H22F2N2O2. The molecule has 0 saturated carbocycles. The van der Waals surface area contributed by atoms with Crippen molar-refractivity contribution in [2.24, 2.45) is 0 Å². The summed E-state index contributed by atoms with van der Waals surface area (Å²) in [7, 11) is 0. The molecule has 1 amide bonds. The minimum Gasteiger partial charge on any atom is -0.378 e. The van der Waals surface area contributed by atoms with Gasteiger partial charge >= 0.3 is 0 Å². The third-order valence-electron chi connectivity index (χ3n) is 5.20. The molecule has 4 rings (SSSR count). The Morgan fingerprint density at radius 2 is 1.83 bits per heavy atom. The van der Waals surface area contributed by atoms with E-state index < -0.39 is 6.43 Å². The topological polar surface area (TPSA) is 41.6 Å². The molecule has 4 nitrogen and oxygen atoms in total. The number of anilines is 2. The van der Waals surface area contributed by atoms with Gasteiger partial charge in [0.1, 0.15) is 0 Å². The lowest BCUT2D eigenvalue weighted by Crippen LogP contribution is -2.40. The second-order valence-corrected chi connectivity index (χ2v) is 7.11. The fourth-order valence-electron chi connectivity index (χ4n) is 3.72. The summed E-state index contributed by atoms with van der Waals surface area (Å²) in [6, 6.07) is 15.7. The van der Waals surface area contributed by atoms with Crippen LogP contribution in [0.15, 0.2) is 54.6 Å². The number of fused-ring (bicyclic) bond motifs is 1. The highest BCUT2D eigenvalue weighted by Crippen LogP contribution is 2.33. The number of nitrogens with one attached hydrogen (secondary N) is 1. The number of carbonyl (C=O) groups excluding carboxylic acids is 1. The maximum Gasteiger partial charge on any atom is 0.263 e. The molecular weight excluding hydrogens is 374 g/mol. The molecule has 1 heterocycles. The summed E-state index contributed by atoms with van der Waals surface area (Å²) < 4.78 is 31.4. The van der Waals surface area contributed by atoms with Crippen LogP contribution >= 0.6 is 0 Å². The maximum absolute atomic E-state index is 13.1. The van der Waals surface area contributed by atoms with Crippen LogP contribution in [0.4, 0.5) is 20.2 Å². The minimum absolute atomic E-state index is 0.0150. The molecule has 0 bridgehead atoms. The largest absolute Gasteiger partial charge is 0.378 e. The van der Waals surface area contributed by atoms with Crippen LogP contribution in [-0.2, 0) is 4.74 Å². The van der Waals surface area contributed by atoms with Crippen LogP contribution in [-0.4, -0.2) is 37.1 Å². The van der Waals surface area contributed by atoms with Crippen molar-refractivity contribution in [2.45, 2.75) is 13.3 Å². The van der Waals surface area contributed by atoms with Crippen molar-refractivity contribution in [1.29, 1.82) is 0 Å². The number of amides is 1. The summed E-state index contributed by atoms with van der Waals surface area (Å²) in [6.45, 7) is 4.21. The van der Waals surface area contributed by atoms with Gasteiger partial charge in [-0.3, -0.25) is 4.79 Å². The molecule has 0 atom stereocenters. The maximum atomic E-state index is 13.1. The van der Waals surface area contributed by atoms with Gasteiger partial charge in [-0.2, -0.15) is 0 Å². The van der Waals surface area contributed by atoms with Gasteiger partial charge in [0.05, 0.1) is 13.2 Å². The number of ether oxygens (including phenoxy) is 1. The summed E-state index contributed by atoms with van der Waals surface area (Å²) in [5, 5.41) is 4.99. The third-order valence-corrected chi connectivity index (χ3v) is 5.20. The predicted molar refractivity (Wildman–Crippen MR) is 110 cm³/mol. The highest BCUT2D eigenvalue weighted by Gasteiger charge is 2.22. The highest BCUT2D eigenvalue weighted by molar-refractivity contribution is 6.11. The second-order valence-electron chi connectivity index (χ2n) is 7.11. The van der Waals surface area contributed by atoms with Gasteiger partial charge in [0.15, 0.2) is 0 Å². The number of hydrogen-bond acceptors (Lipinski definition) is 3. The van der Waals surface area contributed by atoms with Gasteiger partial charge in [0.25, 0.3) is 12.3 Å². The normalized spacial score (nSPS) is 14.4. The molecule has 0 aliphatic carbocycles. The van der Waals surface area contributed by atoms with E-state index in [1.54, 1.807) is 12.1 Å². The minimum atomic E-state index is -2.52. The molecule has 150 valence electrons. The Hall–Kier alpha value is -2.99. The first-order valence-corrected chi connectivity index (χ1v) is 9.59. The fourth-order valence-corrected chi connectivity index (χ4v) is 3.72. The molecule has 1 N–H and O–H groups in total. The number of carbonyl (C=O) groups is 1. The SMILES string of the molecule is Cc1cccc2c(Nc3cccc(C(F)F)c3)ccc(C(=O)N3CCOCC3)c12. The smallest absolute Gasteiger partial charge is 0.263 e. The van der Waals surface area contributed by atoms with Crippen LogP contribution in [0.2, 0.25) is 0 Å². The van der Waals surface area contributed by atoms with Gasteiger partial charge in [0.2, 0.25) is 0 Å². The number of alkyl halides is 2. The molecule has 0 radical (unpaired) electrons. The number of hydrogen-bond donors (Lipinski definition) is 1. The number of benzene rings is 3. The number of rotatable bonds is 4. The first-order chi connectivity index (χ1) is 14.0. The van der Waals surface area contributed by atoms with Crippen molar-refractivity contribution in [3.8, 4) is 0 Å². The number of nitrogens with zero attached hydrogens (tertiary/aromatic N) is 1. The predicted octanol–water partition coefficient (Wildman–Crippen LogP) is 5.30. The van der Waals surface area contributed by atoms with E-state index in [9.17, 15) is 13.6 Å². The molecule has 1 aliphatic rings. The van der Waals surface area contributed by atoms with Crippen molar-refractivity contribution >= 4 is 28.1 Å². The summed E-state index contributed by atoms with van der Waals surface area (Å²) in [5.74, 6) is -0.0150. The Morgan fingerprint density at radius 1 is 1.07 bits per heavy atom. The Kier molecular flexibility index (Phi) is 5.45. The van der Waals surface area contributed by atoms with Crippen LogP contribution in [0, 0.1) is 6.92 Å². The van der Waals surface area contributed by atoms with Crippen LogP contribution in [0.5, 0.6) is 0 Å². The first-order valence-electron chi connectivity index (χ1n) is 9.59. The molecule has 1 fully saturated rings. The van der Waals surface area contributed by atoms with Gasteiger partial charge in [-0.25, -0.2) is 8.78 Å². The zero-order chi connectivity index (χ0) is 20.4. The van der Waals surface area contributed by atoms with E-state index in [-0.39, 0.29) is 11.5 Å². The zero-order valence-electron chi connectivity index (χ0n) is 16.1. The van der Waals surface area contributed by atoms with Crippen molar-refractivity contribution in [2.75, 3.05) is 31.6 Å². The Balaban J connectivity index is 1.75. The molecule has 0 aromatic heterocycles. The fraction of sp³-hybridized carbons (Fsp3) is 0.261. The van der Waals surface area contributed by atoms with Crippen molar-refractivity contribution in [1.82, 2.24) is 4.90 Å². The Morgan fingerprint density at radius 3 is 2.59 bits per heavy atom. The Bertz CT molecular complexity index is 1050. The molecule has 0 spiro atoms. The van der Waals surface area contributed by atoms with Crippen molar-refractivity contribution < 1.29 is 18.3 Å². The lowest BCUT2D eigenvalue weighted by Gasteiger charge is -2.27. The van der Waals surface area contributed by atoms with E-state index in [0.717, 1.165) is 22.0 Å². The van der Waals surface area contributed by atoms with E-state index in [1.807, 2.05) is 42.2 Å². The summed E-state index contributed by atoms with van der Waals surface area (Å²) >= 11 is 0. The van der Waals surface area contributed by atoms with E-state index in [0.29, 0.717) is 37.6 Å². The van der Waals surface area contributed by atoms with Crippen LogP contribution in [0.1, 0.15) is 27.9 Å². The zero-order valence-corrected chi connectivity index (χ0v) is 16.1. The quantitative estimate of drug-likeness (QED) is 0.651. The summed E-state index contributed by atoms with van der Waals surface area (Å²) in [6.07, 6.45) is -2.52. The lowest BCUT2D eigenvalue weighted by molar-refractivity contribution is 0.0304. The molecule has 0 unspecified atom stereocenters. The summed E-state index contributed by atoms with van der Waals surface area (Å²) in [4.78, 5) is 14.9. The molecule has 6 heteroatoms. The standard InChI is InChI=1S/C23H22F2N2O2/c1-15-4-2-7-18-20(26-17-6-3-5-16(14-17)22(24)25)9-8-19(21(15)18)23(28)27-10-12-29-13-11-27/h2-9,14,22,26H,10-13H2,1H3. The Labute approximate surface area is 168 Å².